The Balaban J connectivity index is 1.94. The molecular formula is C15H18BrFN2S. The monoisotopic (exact) mass is 356 g/mol. The number of thiophene rings is 1. The van der Waals surface area contributed by atoms with Crippen LogP contribution in [0.3, 0.4) is 0 Å². The Labute approximate surface area is 131 Å². The quantitative estimate of drug-likeness (QED) is 0.839. The van der Waals surface area contributed by atoms with Crippen molar-refractivity contribution in [2.24, 2.45) is 0 Å². The maximum Gasteiger partial charge on any atom is 0.123 e. The van der Waals surface area contributed by atoms with E-state index < -0.39 is 0 Å². The molecule has 0 aliphatic rings. The average Bonchev–Trinajstić information content (AvgIpc) is 2.81. The minimum atomic E-state index is -0.192. The molecule has 1 N–H and O–H groups in total. The number of benzene rings is 1. The van der Waals surface area contributed by atoms with Gasteiger partial charge in [-0.1, -0.05) is 12.1 Å². The fraction of sp³-hybridized carbons (Fsp3) is 0.333. The topological polar surface area (TPSA) is 15.3 Å². The van der Waals surface area contributed by atoms with Crippen LogP contribution in [0.1, 0.15) is 16.5 Å². The third-order valence-electron chi connectivity index (χ3n) is 3.14. The maximum absolute atomic E-state index is 13.0. The summed E-state index contributed by atoms with van der Waals surface area (Å²) in [6.45, 7) is 1.68. The van der Waals surface area contributed by atoms with E-state index in [4.69, 9.17) is 0 Å². The first-order chi connectivity index (χ1) is 9.56. The summed E-state index contributed by atoms with van der Waals surface area (Å²) in [7, 11) is 4.08. The molecule has 1 unspecified atom stereocenters. The molecule has 0 bridgehead atoms. The van der Waals surface area contributed by atoms with Crippen molar-refractivity contribution in [2.45, 2.75) is 12.6 Å². The summed E-state index contributed by atoms with van der Waals surface area (Å²) in [4.78, 5) is 3.44. The second kappa shape index (κ2) is 7.31. The highest BCUT2D eigenvalue weighted by Gasteiger charge is 2.13. The third kappa shape index (κ3) is 4.38. The van der Waals surface area contributed by atoms with E-state index in [9.17, 15) is 4.39 Å². The summed E-state index contributed by atoms with van der Waals surface area (Å²) in [6.07, 6.45) is 0. The molecule has 2 aromatic rings. The van der Waals surface area contributed by atoms with Crippen LogP contribution in [0.2, 0.25) is 0 Å². The van der Waals surface area contributed by atoms with Gasteiger partial charge in [-0.05, 0) is 59.9 Å². The number of hydrogen-bond acceptors (Lipinski definition) is 3. The lowest BCUT2D eigenvalue weighted by Gasteiger charge is -2.25. The van der Waals surface area contributed by atoms with Gasteiger partial charge in [0.1, 0.15) is 5.82 Å². The van der Waals surface area contributed by atoms with Gasteiger partial charge in [-0.25, -0.2) is 4.39 Å². The van der Waals surface area contributed by atoms with Crippen LogP contribution in [0.25, 0.3) is 0 Å². The van der Waals surface area contributed by atoms with Crippen LogP contribution < -0.4 is 5.32 Å². The zero-order chi connectivity index (χ0) is 14.5. The lowest BCUT2D eigenvalue weighted by atomic mass is 10.1. The Hall–Kier alpha value is -0.750. The molecule has 0 fully saturated rings. The summed E-state index contributed by atoms with van der Waals surface area (Å²) in [6, 6.07) is 11.1. The molecular weight excluding hydrogens is 339 g/mol. The number of rotatable bonds is 6. The lowest BCUT2D eigenvalue weighted by Crippen LogP contribution is -2.30. The predicted octanol–water partition coefficient (Wildman–Crippen LogP) is 4.04. The van der Waals surface area contributed by atoms with Crippen molar-refractivity contribution in [1.29, 1.82) is 0 Å². The molecule has 2 rings (SSSR count). The van der Waals surface area contributed by atoms with Crippen LogP contribution in [0.15, 0.2) is 40.2 Å². The standard InChI is InChI=1S/C15H18BrFN2S/c1-19(2)14(11-3-5-12(17)6-4-11)10-18-9-13-7-8-15(16)20-13/h3-8,14,18H,9-10H2,1-2H3. The van der Waals surface area contributed by atoms with E-state index in [0.717, 1.165) is 22.4 Å². The Kier molecular flexibility index (Phi) is 5.72. The van der Waals surface area contributed by atoms with E-state index in [0.29, 0.717) is 0 Å². The zero-order valence-corrected chi connectivity index (χ0v) is 14.0. The number of likely N-dealkylation sites (N-methyl/N-ethyl adjacent to an activating group) is 1. The summed E-state index contributed by atoms with van der Waals surface area (Å²) < 4.78 is 14.1. The van der Waals surface area contributed by atoms with Gasteiger partial charge in [-0.3, -0.25) is 0 Å². The Morgan fingerprint density at radius 2 is 1.90 bits per heavy atom. The average molecular weight is 357 g/mol. The molecule has 1 heterocycles. The molecule has 0 aliphatic heterocycles. The summed E-state index contributed by atoms with van der Waals surface area (Å²) in [5.41, 5.74) is 1.12. The Bertz CT molecular complexity index is 539. The van der Waals surface area contributed by atoms with Gasteiger partial charge in [0.05, 0.1) is 3.79 Å². The first kappa shape index (κ1) is 15.6. The summed E-state index contributed by atoms with van der Waals surface area (Å²) in [5.74, 6) is -0.192. The molecule has 1 aromatic carbocycles. The van der Waals surface area contributed by atoms with E-state index in [1.54, 1.807) is 11.3 Å². The molecule has 108 valence electrons. The van der Waals surface area contributed by atoms with Crippen molar-refractivity contribution in [2.75, 3.05) is 20.6 Å². The summed E-state index contributed by atoms with van der Waals surface area (Å²) in [5, 5.41) is 3.46. The van der Waals surface area contributed by atoms with Crippen molar-refractivity contribution < 1.29 is 4.39 Å². The zero-order valence-electron chi connectivity index (χ0n) is 11.6. The van der Waals surface area contributed by atoms with Crippen molar-refractivity contribution in [3.8, 4) is 0 Å². The maximum atomic E-state index is 13.0. The lowest BCUT2D eigenvalue weighted by molar-refractivity contribution is 0.288. The number of nitrogens with zero attached hydrogens (tertiary/aromatic N) is 1. The molecule has 0 aliphatic carbocycles. The molecule has 20 heavy (non-hydrogen) atoms. The van der Waals surface area contributed by atoms with Crippen LogP contribution in [0.4, 0.5) is 4.39 Å². The van der Waals surface area contributed by atoms with Crippen molar-refractivity contribution >= 4 is 27.3 Å². The van der Waals surface area contributed by atoms with Crippen molar-refractivity contribution in [3.63, 3.8) is 0 Å². The number of nitrogens with one attached hydrogen (secondary N) is 1. The van der Waals surface area contributed by atoms with Crippen LogP contribution in [-0.2, 0) is 6.54 Å². The number of hydrogen-bond donors (Lipinski definition) is 1. The fourth-order valence-corrected chi connectivity index (χ4v) is 3.52. The SMILES string of the molecule is CN(C)C(CNCc1ccc(Br)s1)c1ccc(F)cc1. The molecule has 0 radical (unpaired) electrons. The van der Waals surface area contributed by atoms with E-state index in [2.05, 4.69) is 38.3 Å². The molecule has 0 amide bonds. The normalized spacial score (nSPS) is 12.8. The van der Waals surface area contributed by atoms with Gasteiger partial charge in [0.25, 0.3) is 0 Å². The number of halogens is 2. The highest BCUT2D eigenvalue weighted by molar-refractivity contribution is 9.11. The molecule has 2 nitrogen and oxygen atoms in total. The molecule has 0 saturated heterocycles. The summed E-state index contributed by atoms with van der Waals surface area (Å²) >= 11 is 5.20. The van der Waals surface area contributed by atoms with Gasteiger partial charge in [0.15, 0.2) is 0 Å². The second-order valence-electron chi connectivity index (χ2n) is 4.87. The van der Waals surface area contributed by atoms with Crippen LogP contribution in [-0.4, -0.2) is 25.5 Å². The van der Waals surface area contributed by atoms with Crippen LogP contribution >= 0.6 is 27.3 Å². The van der Waals surface area contributed by atoms with E-state index in [1.807, 2.05) is 26.2 Å². The minimum Gasteiger partial charge on any atom is -0.310 e. The molecule has 0 saturated carbocycles. The van der Waals surface area contributed by atoms with Gasteiger partial charge < -0.3 is 10.2 Å². The highest BCUT2D eigenvalue weighted by atomic mass is 79.9. The van der Waals surface area contributed by atoms with Gasteiger partial charge in [-0.15, -0.1) is 11.3 Å². The van der Waals surface area contributed by atoms with Crippen molar-refractivity contribution in [1.82, 2.24) is 10.2 Å². The first-order valence-electron chi connectivity index (χ1n) is 6.43. The van der Waals surface area contributed by atoms with Gasteiger partial charge in [0, 0.05) is 24.0 Å². The van der Waals surface area contributed by atoms with E-state index in [-0.39, 0.29) is 11.9 Å². The molecule has 1 aromatic heterocycles. The second-order valence-corrected chi connectivity index (χ2v) is 7.42. The predicted molar refractivity (Wildman–Crippen MR) is 86.6 cm³/mol. The first-order valence-corrected chi connectivity index (χ1v) is 8.04. The highest BCUT2D eigenvalue weighted by Crippen LogP contribution is 2.22. The molecule has 5 heteroatoms. The van der Waals surface area contributed by atoms with Gasteiger partial charge in [-0.2, -0.15) is 0 Å². The third-order valence-corrected chi connectivity index (χ3v) is 4.77. The molecule has 1 atom stereocenters. The minimum absolute atomic E-state index is 0.192. The van der Waals surface area contributed by atoms with Crippen LogP contribution in [0, 0.1) is 5.82 Å². The smallest absolute Gasteiger partial charge is 0.123 e. The van der Waals surface area contributed by atoms with Crippen molar-refractivity contribution in [3.05, 3.63) is 56.4 Å². The van der Waals surface area contributed by atoms with E-state index >= 15 is 0 Å². The largest absolute Gasteiger partial charge is 0.310 e. The van der Waals surface area contributed by atoms with Gasteiger partial charge >= 0.3 is 0 Å². The molecule has 0 spiro atoms. The van der Waals surface area contributed by atoms with E-state index in [1.165, 1.54) is 17.0 Å². The fourth-order valence-electron chi connectivity index (χ4n) is 2.06. The Morgan fingerprint density at radius 3 is 2.45 bits per heavy atom. The Morgan fingerprint density at radius 1 is 1.20 bits per heavy atom. The van der Waals surface area contributed by atoms with Gasteiger partial charge in [0.2, 0.25) is 0 Å². The van der Waals surface area contributed by atoms with Crippen LogP contribution in [0.5, 0.6) is 0 Å².